The van der Waals surface area contributed by atoms with Crippen molar-refractivity contribution in [1.82, 2.24) is 29.4 Å². The van der Waals surface area contributed by atoms with Crippen LogP contribution in [0.3, 0.4) is 0 Å². The number of carbonyl (C=O) groups is 2. The predicted molar refractivity (Wildman–Crippen MR) is 137 cm³/mol. The first-order chi connectivity index (χ1) is 17.2. The molecule has 0 saturated carbocycles. The van der Waals surface area contributed by atoms with Crippen LogP contribution in [0.1, 0.15) is 43.1 Å². The first-order valence-electron chi connectivity index (χ1n) is 11.7. The van der Waals surface area contributed by atoms with E-state index in [0.717, 1.165) is 10.2 Å². The fraction of sp³-hybridized carbons (Fsp3) is 0.320. The number of carbonyl (C=O) groups excluding carboxylic acids is 2. The highest BCUT2D eigenvalue weighted by Crippen LogP contribution is 2.16. The van der Waals surface area contributed by atoms with Crippen molar-refractivity contribution in [2.45, 2.75) is 52.9 Å². The predicted octanol–water partition coefficient (Wildman–Crippen LogP) is 2.33. The molecule has 0 aliphatic rings. The Morgan fingerprint density at radius 2 is 1.86 bits per heavy atom. The third-order valence-corrected chi connectivity index (χ3v) is 6.00. The van der Waals surface area contributed by atoms with E-state index < -0.39 is 11.6 Å². The van der Waals surface area contributed by atoms with E-state index in [9.17, 15) is 19.2 Å². The average Bonchev–Trinajstić information content (AvgIpc) is 3.16. The minimum absolute atomic E-state index is 0.0828. The summed E-state index contributed by atoms with van der Waals surface area (Å²) in [4.78, 5) is 51.8. The molecule has 0 fully saturated rings. The monoisotopic (exact) mass is 510 g/mol. The van der Waals surface area contributed by atoms with E-state index in [-0.39, 0.29) is 47.3 Å². The number of nitrogens with one attached hydrogen (secondary N) is 2. The van der Waals surface area contributed by atoms with E-state index in [1.54, 1.807) is 30.3 Å². The maximum absolute atomic E-state index is 13.4. The number of aryl methyl sites for hydroxylation is 1. The van der Waals surface area contributed by atoms with Crippen LogP contribution in [-0.2, 0) is 24.4 Å². The zero-order valence-corrected chi connectivity index (χ0v) is 21.0. The highest BCUT2D eigenvalue weighted by atomic mass is 35.5. The van der Waals surface area contributed by atoms with E-state index in [1.165, 1.54) is 15.0 Å². The van der Waals surface area contributed by atoms with Crippen LogP contribution < -0.4 is 21.9 Å². The molecule has 0 bridgehead atoms. The van der Waals surface area contributed by atoms with Gasteiger partial charge < -0.3 is 10.6 Å². The molecule has 4 aromatic rings. The maximum Gasteiger partial charge on any atom is 0.352 e. The zero-order valence-electron chi connectivity index (χ0n) is 20.2. The average molecular weight is 511 g/mol. The van der Waals surface area contributed by atoms with Crippen LogP contribution in [-0.4, -0.2) is 36.6 Å². The number of benzene rings is 2. The lowest BCUT2D eigenvalue weighted by atomic mass is 10.1. The molecule has 0 saturated heterocycles. The van der Waals surface area contributed by atoms with Crippen LogP contribution in [0.25, 0.3) is 16.7 Å². The van der Waals surface area contributed by atoms with Gasteiger partial charge in [0, 0.05) is 29.7 Å². The summed E-state index contributed by atoms with van der Waals surface area (Å²) in [6, 6.07) is 11.6. The van der Waals surface area contributed by atoms with Gasteiger partial charge in [-0.15, -0.1) is 5.10 Å². The summed E-state index contributed by atoms with van der Waals surface area (Å²) in [5, 5.41) is 10.7. The molecule has 4 rings (SSSR count). The van der Waals surface area contributed by atoms with Crippen LogP contribution in [0, 0.1) is 0 Å². The van der Waals surface area contributed by atoms with Crippen molar-refractivity contribution in [3.63, 3.8) is 0 Å². The second-order valence-corrected chi connectivity index (χ2v) is 9.17. The van der Waals surface area contributed by atoms with Crippen LogP contribution in [0.5, 0.6) is 0 Å². The molecule has 0 spiro atoms. The summed E-state index contributed by atoms with van der Waals surface area (Å²) < 4.78 is 3.71. The van der Waals surface area contributed by atoms with Crippen LogP contribution in [0.15, 0.2) is 52.1 Å². The topological polar surface area (TPSA) is 120 Å². The quantitative estimate of drug-likeness (QED) is 0.377. The Labute approximate surface area is 211 Å². The molecule has 2 aromatic heterocycles. The lowest BCUT2D eigenvalue weighted by molar-refractivity contribution is -0.122. The van der Waals surface area contributed by atoms with Crippen LogP contribution in [0.2, 0.25) is 5.02 Å². The van der Waals surface area contributed by atoms with Gasteiger partial charge in [-0.05, 0) is 50.1 Å². The van der Waals surface area contributed by atoms with Gasteiger partial charge in [0.1, 0.15) is 6.54 Å². The van der Waals surface area contributed by atoms with Gasteiger partial charge in [0.2, 0.25) is 11.7 Å². The molecule has 188 valence electrons. The summed E-state index contributed by atoms with van der Waals surface area (Å²) in [5.41, 5.74) is 0.392. The third kappa shape index (κ3) is 4.90. The van der Waals surface area contributed by atoms with Crippen LogP contribution >= 0.6 is 11.6 Å². The molecule has 0 aliphatic carbocycles. The molecule has 0 radical (unpaired) electrons. The number of hydrogen-bond acceptors (Lipinski definition) is 5. The van der Waals surface area contributed by atoms with Gasteiger partial charge >= 0.3 is 5.69 Å². The van der Waals surface area contributed by atoms with Crippen molar-refractivity contribution in [1.29, 1.82) is 0 Å². The molecule has 2 amide bonds. The van der Waals surface area contributed by atoms with Gasteiger partial charge in [-0.3, -0.25) is 19.0 Å². The van der Waals surface area contributed by atoms with E-state index in [2.05, 4.69) is 15.7 Å². The van der Waals surface area contributed by atoms with Crippen LogP contribution in [0.4, 0.5) is 0 Å². The fourth-order valence-electron chi connectivity index (χ4n) is 3.96. The Bertz CT molecular complexity index is 1580. The van der Waals surface area contributed by atoms with Crippen molar-refractivity contribution in [3.05, 3.63) is 79.5 Å². The molecular formula is C25H27ClN6O4. The molecule has 0 atom stereocenters. The number of amides is 2. The van der Waals surface area contributed by atoms with E-state index in [4.69, 9.17) is 11.6 Å². The first-order valence-corrected chi connectivity index (χ1v) is 12.1. The summed E-state index contributed by atoms with van der Waals surface area (Å²) in [7, 11) is 0. The number of hydrogen-bond donors (Lipinski definition) is 2. The number of nitrogens with zero attached hydrogens (tertiary/aromatic N) is 4. The second kappa shape index (κ2) is 10.4. The van der Waals surface area contributed by atoms with Crippen molar-refractivity contribution in [2.24, 2.45) is 0 Å². The van der Waals surface area contributed by atoms with Crippen molar-refractivity contribution >= 4 is 40.1 Å². The van der Waals surface area contributed by atoms with E-state index >= 15 is 0 Å². The lowest BCUT2D eigenvalue weighted by Crippen LogP contribution is -2.33. The zero-order chi connectivity index (χ0) is 26.0. The summed E-state index contributed by atoms with van der Waals surface area (Å²) in [5.74, 6) is -0.650. The van der Waals surface area contributed by atoms with Crippen molar-refractivity contribution in [2.75, 3.05) is 0 Å². The number of halogens is 1. The normalized spacial score (nSPS) is 11.4. The maximum atomic E-state index is 13.4. The molecule has 11 heteroatoms. The Kier molecular flexibility index (Phi) is 7.25. The Hall–Kier alpha value is -3.92. The van der Waals surface area contributed by atoms with Gasteiger partial charge in [0.05, 0.1) is 10.9 Å². The number of rotatable bonds is 8. The molecule has 10 nitrogen and oxygen atoms in total. The fourth-order valence-corrected chi connectivity index (χ4v) is 4.16. The second-order valence-electron chi connectivity index (χ2n) is 8.76. The highest BCUT2D eigenvalue weighted by Gasteiger charge is 2.20. The molecule has 2 heterocycles. The van der Waals surface area contributed by atoms with Crippen molar-refractivity contribution < 1.29 is 9.59 Å². The Morgan fingerprint density at radius 3 is 2.56 bits per heavy atom. The van der Waals surface area contributed by atoms with E-state index in [1.807, 2.05) is 26.8 Å². The van der Waals surface area contributed by atoms with E-state index in [0.29, 0.717) is 23.6 Å². The summed E-state index contributed by atoms with van der Waals surface area (Å²) >= 11 is 6.14. The molecule has 2 N–H and O–H groups in total. The molecular weight excluding hydrogens is 484 g/mol. The summed E-state index contributed by atoms with van der Waals surface area (Å²) in [6.45, 7) is 5.77. The minimum Gasteiger partial charge on any atom is -0.350 e. The largest absolute Gasteiger partial charge is 0.352 e. The Balaban J connectivity index is 1.77. The summed E-state index contributed by atoms with van der Waals surface area (Å²) in [6.07, 6.45) is 0.634. The number of fused-ring (bicyclic) bond motifs is 3. The van der Waals surface area contributed by atoms with Crippen molar-refractivity contribution in [3.8, 4) is 0 Å². The molecule has 36 heavy (non-hydrogen) atoms. The number of aromatic nitrogens is 4. The van der Waals surface area contributed by atoms with Gasteiger partial charge in [0.25, 0.3) is 11.5 Å². The highest BCUT2D eigenvalue weighted by molar-refractivity contribution is 6.31. The van der Waals surface area contributed by atoms with Gasteiger partial charge in [-0.2, -0.15) is 0 Å². The first kappa shape index (κ1) is 25.2. The van der Waals surface area contributed by atoms with Gasteiger partial charge in [0.15, 0.2) is 0 Å². The lowest BCUT2D eigenvalue weighted by Gasteiger charge is -2.11. The van der Waals surface area contributed by atoms with Gasteiger partial charge in [-0.25, -0.2) is 13.9 Å². The SMILES string of the molecule is CCCn1c(=O)c2ccc(C(=O)NC(C)C)cc2n2c(=O)n(CC(=O)NCc3ccccc3Cl)nc12. The molecule has 0 unspecified atom stereocenters. The Morgan fingerprint density at radius 1 is 1.11 bits per heavy atom. The third-order valence-electron chi connectivity index (χ3n) is 5.63. The standard InChI is InChI=1S/C25H27ClN6O4/c1-4-11-30-23(35)18-10-9-16(22(34)28-15(2)3)12-20(18)32-24(30)29-31(25(32)36)14-21(33)27-13-17-7-5-6-8-19(17)26/h5-10,12,15H,4,11,13-14H2,1-3H3,(H,27,33)(H,28,34). The minimum atomic E-state index is -0.589. The van der Waals surface area contributed by atoms with Gasteiger partial charge in [-0.1, -0.05) is 36.7 Å². The molecule has 2 aromatic carbocycles. The smallest absolute Gasteiger partial charge is 0.350 e. The molecule has 0 aliphatic heterocycles.